The minimum Gasteiger partial charge on any atom is -0.497 e. The maximum atomic E-state index is 5.28. The molecule has 0 radical (unpaired) electrons. The third kappa shape index (κ3) is 3.28. The maximum absolute atomic E-state index is 5.28. The molecule has 6 nitrogen and oxygen atoms in total. The molecule has 0 aliphatic carbocycles. The highest BCUT2D eigenvalue weighted by molar-refractivity contribution is 5.94. The van der Waals surface area contributed by atoms with E-state index in [-0.39, 0.29) is 0 Å². The van der Waals surface area contributed by atoms with Gasteiger partial charge in [0.1, 0.15) is 17.9 Å². The number of nitrogens with zero attached hydrogens (tertiary/aromatic N) is 5. The van der Waals surface area contributed by atoms with Gasteiger partial charge in [-0.2, -0.15) is 4.98 Å². The van der Waals surface area contributed by atoms with Gasteiger partial charge in [-0.1, -0.05) is 43.0 Å². The summed E-state index contributed by atoms with van der Waals surface area (Å²) in [6.45, 7) is 3.89. The van der Waals surface area contributed by atoms with Crippen LogP contribution in [-0.4, -0.2) is 33.7 Å². The van der Waals surface area contributed by atoms with Crippen LogP contribution in [0.3, 0.4) is 0 Å². The predicted octanol–water partition coefficient (Wildman–Crippen LogP) is 5.36. The molecule has 152 valence electrons. The summed E-state index contributed by atoms with van der Waals surface area (Å²) in [5.41, 5.74) is 5.29. The lowest BCUT2D eigenvalue weighted by molar-refractivity contribution is 0.415. The van der Waals surface area contributed by atoms with E-state index < -0.39 is 0 Å². The Labute approximate surface area is 180 Å². The zero-order valence-corrected chi connectivity index (χ0v) is 17.4. The summed E-state index contributed by atoms with van der Waals surface area (Å²) < 4.78 is 7.17. The van der Waals surface area contributed by atoms with Gasteiger partial charge in [0.05, 0.1) is 12.6 Å². The lowest BCUT2D eigenvalue weighted by Crippen LogP contribution is -2.13. The minimum atomic E-state index is 0.557. The molecule has 3 aromatic carbocycles. The summed E-state index contributed by atoms with van der Waals surface area (Å²) in [5, 5.41) is 9.23. The number of hydrogen-bond acceptors (Lipinski definition) is 5. The smallest absolute Gasteiger partial charge is 0.257 e. The summed E-state index contributed by atoms with van der Waals surface area (Å²) in [7, 11) is 3.69. The van der Waals surface area contributed by atoms with Gasteiger partial charge in [0.15, 0.2) is 0 Å². The quantitative estimate of drug-likeness (QED) is 0.392. The summed E-state index contributed by atoms with van der Waals surface area (Å²) in [6, 6.07) is 22.6. The fraction of sp³-hybridized carbons (Fsp3) is 0.0800. The van der Waals surface area contributed by atoms with Crippen molar-refractivity contribution in [3.8, 4) is 16.9 Å². The number of hydrogen-bond donors (Lipinski definition) is 0. The highest BCUT2D eigenvalue weighted by atomic mass is 16.5. The molecular weight excluding hydrogens is 386 g/mol. The Morgan fingerprint density at radius 2 is 1.84 bits per heavy atom. The summed E-state index contributed by atoms with van der Waals surface area (Å²) >= 11 is 0. The van der Waals surface area contributed by atoms with E-state index in [0.29, 0.717) is 5.78 Å². The van der Waals surface area contributed by atoms with E-state index in [9.17, 15) is 0 Å². The van der Waals surface area contributed by atoms with E-state index in [1.165, 1.54) is 0 Å². The SMILES string of the molecule is C=Cc1ccc2c(N(C)c3cccc(-c4ccc(OC)cc4)c3)nc3nncn3c2c1. The molecule has 2 heterocycles. The second kappa shape index (κ2) is 7.57. The standard InChI is InChI=1S/C25H21N5O/c1-4-17-8-13-22-23(14-17)30-16-26-28-25(30)27-24(22)29(2)20-7-5-6-19(15-20)18-9-11-21(31-3)12-10-18/h4-16H,1H2,2-3H3. The van der Waals surface area contributed by atoms with Crippen LogP contribution < -0.4 is 9.64 Å². The minimum absolute atomic E-state index is 0.557. The second-order valence-corrected chi connectivity index (χ2v) is 7.25. The van der Waals surface area contributed by atoms with Crippen LogP contribution in [0, 0.1) is 0 Å². The van der Waals surface area contributed by atoms with Crippen molar-refractivity contribution in [2.45, 2.75) is 0 Å². The van der Waals surface area contributed by atoms with Gasteiger partial charge in [-0.25, -0.2) is 0 Å². The molecule has 0 unspecified atom stereocenters. The number of benzene rings is 3. The highest BCUT2D eigenvalue weighted by Crippen LogP contribution is 2.33. The van der Waals surface area contributed by atoms with E-state index in [1.54, 1.807) is 13.4 Å². The van der Waals surface area contributed by atoms with Gasteiger partial charge in [-0.3, -0.25) is 4.40 Å². The molecule has 0 amide bonds. The summed E-state index contributed by atoms with van der Waals surface area (Å²) in [6.07, 6.45) is 3.52. The maximum Gasteiger partial charge on any atom is 0.257 e. The van der Waals surface area contributed by atoms with Crippen LogP contribution in [0.4, 0.5) is 11.5 Å². The van der Waals surface area contributed by atoms with Crippen molar-refractivity contribution >= 4 is 34.3 Å². The normalized spacial score (nSPS) is 11.0. The van der Waals surface area contributed by atoms with Crippen molar-refractivity contribution in [2.75, 3.05) is 19.1 Å². The lowest BCUT2D eigenvalue weighted by atomic mass is 10.0. The van der Waals surface area contributed by atoms with Crippen molar-refractivity contribution < 1.29 is 4.74 Å². The molecule has 0 saturated carbocycles. The topological polar surface area (TPSA) is 55.5 Å². The monoisotopic (exact) mass is 407 g/mol. The lowest BCUT2D eigenvalue weighted by Gasteiger charge is -2.21. The fourth-order valence-corrected chi connectivity index (χ4v) is 3.75. The first-order valence-electron chi connectivity index (χ1n) is 9.92. The van der Waals surface area contributed by atoms with E-state index in [4.69, 9.17) is 9.72 Å². The molecule has 5 rings (SSSR count). The van der Waals surface area contributed by atoms with E-state index >= 15 is 0 Å². The average molecular weight is 407 g/mol. The zero-order chi connectivity index (χ0) is 21.4. The molecule has 0 bridgehead atoms. The second-order valence-electron chi connectivity index (χ2n) is 7.25. The molecule has 0 spiro atoms. The molecule has 0 atom stereocenters. The first-order valence-corrected chi connectivity index (χ1v) is 9.92. The van der Waals surface area contributed by atoms with Crippen molar-refractivity contribution in [3.63, 3.8) is 0 Å². The third-order valence-corrected chi connectivity index (χ3v) is 5.47. The molecule has 0 saturated heterocycles. The number of ether oxygens (including phenoxy) is 1. The molecule has 6 heteroatoms. The fourth-order valence-electron chi connectivity index (χ4n) is 3.75. The van der Waals surface area contributed by atoms with E-state index in [1.807, 2.05) is 35.7 Å². The van der Waals surface area contributed by atoms with Gasteiger partial charge < -0.3 is 9.64 Å². The van der Waals surface area contributed by atoms with Crippen LogP contribution in [0.1, 0.15) is 5.56 Å². The summed E-state index contributed by atoms with van der Waals surface area (Å²) in [5.74, 6) is 2.22. The first kappa shape index (κ1) is 18.8. The van der Waals surface area contributed by atoms with Crippen molar-refractivity contribution in [3.05, 3.63) is 85.2 Å². The van der Waals surface area contributed by atoms with Crippen LogP contribution in [0.5, 0.6) is 5.75 Å². The van der Waals surface area contributed by atoms with Gasteiger partial charge in [0, 0.05) is 18.1 Å². The van der Waals surface area contributed by atoms with Gasteiger partial charge in [0.2, 0.25) is 0 Å². The van der Waals surface area contributed by atoms with Crippen LogP contribution in [0.15, 0.2) is 79.6 Å². The third-order valence-electron chi connectivity index (χ3n) is 5.47. The Morgan fingerprint density at radius 3 is 2.61 bits per heavy atom. The average Bonchev–Trinajstić information content (AvgIpc) is 3.32. The van der Waals surface area contributed by atoms with Crippen molar-refractivity contribution in [1.29, 1.82) is 0 Å². The van der Waals surface area contributed by atoms with E-state index in [2.05, 4.69) is 70.2 Å². The number of anilines is 2. The van der Waals surface area contributed by atoms with Crippen molar-refractivity contribution in [1.82, 2.24) is 19.6 Å². The van der Waals surface area contributed by atoms with Gasteiger partial charge in [-0.05, 0) is 53.1 Å². The summed E-state index contributed by atoms with van der Waals surface area (Å²) in [4.78, 5) is 6.87. The van der Waals surface area contributed by atoms with Gasteiger partial charge >= 0.3 is 0 Å². The molecule has 0 aliphatic heterocycles. The first-order chi connectivity index (χ1) is 15.2. The Balaban J connectivity index is 1.62. The molecular formula is C25H21N5O. The largest absolute Gasteiger partial charge is 0.497 e. The van der Waals surface area contributed by atoms with Gasteiger partial charge in [-0.15, -0.1) is 10.2 Å². The molecule has 0 aliphatic rings. The highest BCUT2D eigenvalue weighted by Gasteiger charge is 2.15. The van der Waals surface area contributed by atoms with Gasteiger partial charge in [0.25, 0.3) is 5.78 Å². The number of aromatic nitrogens is 4. The number of fused-ring (bicyclic) bond motifs is 3. The Hall–Kier alpha value is -4.19. The van der Waals surface area contributed by atoms with Crippen molar-refractivity contribution in [2.24, 2.45) is 0 Å². The zero-order valence-electron chi connectivity index (χ0n) is 17.4. The Kier molecular flexibility index (Phi) is 4.59. The van der Waals surface area contributed by atoms with E-state index in [0.717, 1.165) is 44.8 Å². The number of methoxy groups -OCH3 is 1. The predicted molar refractivity (Wildman–Crippen MR) is 125 cm³/mol. The van der Waals surface area contributed by atoms with Crippen LogP contribution in [0.25, 0.3) is 33.9 Å². The molecule has 31 heavy (non-hydrogen) atoms. The van der Waals surface area contributed by atoms with Crippen LogP contribution in [-0.2, 0) is 0 Å². The molecule has 2 aromatic heterocycles. The molecule has 0 N–H and O–H groups in total. The Bertz CT molecular complexity index is 1410. The van der Waals surface area contributed by atoms with Crippen LogP contribution in [0.2, 0.25) is 0 Å². The molecule has 5 aromatic rings. The molecule has 0 fully saturated rings. The Morgan fingerprint density at radius 1 is 1.00 bits per heavy atom. The number of rotatable bonds is 5. The van der Waals surface area contributed by atoms with Crippen LogP contribution >= 0.6 is 0 Å².